The molecule has 106 valence electrons. The van der Waals surface area contributed by atoms with E-state index in [2.05, 4.69) is 0 Å². The average Bonchev–Trinajstić information content (AvgIpc) is 2.36. The molecule has 2 aromatic carbocycles. The fraction of sp³-hybridized carbons (Fsp3) is 0.200. The average molecular weight is 314 g/mol. The lowest BCUT2D eigenvalue weighted by Gasteiger charge is -2.12. The van der Waals surface area contributed by atoms with Crippen molar-refractivity contribution in [3.8, 4) is 0 Å². The molecule has 2 N–H and O–H groups in total. The van der Waals surface area contributed by atoms with Crippen LogP contribution in [0.15, 0.2) is 46.2 Å². The fourth-order valence-corrected chi connectivity index (χ4v) is 3.01. The molecule has 2 rings (SSSR count). The number of benzene rings is 2. The second-order valence-corrected chi connectivity index (χ2v) is 6.13. The molecule has 0 amide bonds. The van der Waals surface area contributed by atoms with Gasteiger partial charge in [0, 0.05) is 16.0 Å². The second kappa shape index (κ2) is 6.57. The Hall–Kier alpha value is -1.10. The summed E-state index contributed by atoms with van der Waals surface area (Å²) in [7, 11) is 0. The molecule has 1 atom stereocenters. The van der Waals surface area contributed by atoms with Crippen molar-refractivity contribution < 1.29 is 8.78 Å². The van der Waals surface area contributed by atoms with Gasteiger partial charge in [0.25, 0.3) is 0 Å². The predicted octanol–water partition coefficient (Wildman–Crippen LogP) is 4.66. The Morgan fingerprint density at radius 1 is 1.15 bits per heavy atom. The zero-order valence-electron chi connectivity index (χ0n) is 10.9. The van der Waals surface area contributed by atoms with E-state index in [4.69, 9.17) is 17.3 Å². The van der Waals surface area contributed by atoms with Gasteiger partial charge >= 0.3 is 0 Å². The van der Waals surface area contributed by atoms with Crippen LogP contribution >= 0.6 is 23.4 Å². The van der Waals surface area contributed by atoms with Gasteiger partial charge < -0.3 is 5.73 Å². The molecular formula is C15H14ClF2NS. The van der Waals surface area contributed by atoms with E-state index in [0.29, 0.717) is 11.4 Å². The first-order chi connectivity index (χ1) is 9.45. The number of hydrogen-bond acceptors (Lipinski definition) is 2. The van der Waals surface area contributed by atoms with Gasteiger partial charge in [0.15, 0.2) is 0 Å². The van der Waals surface area contributed by atoms with E-state index < -0.39 is 11.6 Å². The van der Waals surface area contributed by atoms with Crippen LogP contribution in [0.4, 0.5) is 8.78 Å². The number of rotatable bonds is 4. The molecule has 0 saturated carbocycles. The molecule has 0 fully saturated rings. The third-order valence-electron chi connectivity index (χ3n) is 2.68. The first-order valence-corrected chi connectivity index (χ1v) is 7.32. The van der Waals surface area contributed by atoms with Crippen LogP contribution in [0.25, 0.3) is 0 Å². The Bertz CT molecular complexity index is 617. The van der Waals surface area contributed by atoms with Crippen molar-refractivity contribution in [2.45, 2.75) is 29.2 Å². The van der Waals surface area contributed by atoms with E-state index in [1.54, 1.807) is 12.1 Å². The molecule has 0 bridgehead atoms. The minimum Gasteiger partial charge on any atom is -0.328 e. The first kappa shape index (κ1) is 15.3. The smallest absolute Gasteiger partial charge is 0.137 e. The van der Waals surface area contributed by atoms with E-state index in [1.807, 2.05) is 13.0 Å². The lowest BCUT2D eigenvalue weighted by molar-refractivity contribution is 0.577. The standard InChI is InChI=1S/C15H14ClF2NS/c1-9(19)6-10-7-11(16)2-5-14(10)20-15-8-12(17)3-4-13(15)18/h2-5,7-9H,6,19H2,1H3. The molecule has 0 spiro atoms. The highest BCUT2D eigenvalue weighted by molar-refractivity contribution is 7.99. The zero-order chi connectivity index (χ0) is 14.7. The van der Waals surface area contributed by atoms with E-state index >= 15 is 0 Å². The molecule has 20 heavy (non-hydrogen) atoms. The maximum Gasteiger partial charge on any atom is 0.137 e. The third kappa shape index (κ3) is 3.95. The Kier molecular flexibility index (Phi) is 5.02. The minimum atomic E-state index is -0.461. The van der Waals surface area contributed by atoms with Gasteiger partial charge in [-0.3, -0.25) is 0 Å². The van der Waals surface area contributed by atoms with Crippen LogP contribution in [0, 0.1) is 11.6 Å². The lowest BCUT2D eigenvalue weighted by Crippen LogP contribution is -2.18. The summed E-state index contributed by atoms with van der Waals surface area (Å²) in [4.78, 5) is 1.08. The van der Waals surface area contributed by atoms with Gasteiger partial charge in [-0.2, -0.15) is 0 Å². The maximum atomic E-state index is 13.7. The summed E-state index contributed by atoms with van der Waals surface area (Å²) in [6.07, 6.45) is 0.625. The van der Waals surface area contributed by atoms with Gasteiger partial charge in [-0.25, -0.2) is 8.78 Å². The molecule has 0 saturated heterocycles. The Labute approximate surface area is 126 Å². The molecule has 0 aromatic heterocycles. The summed E-state index contributed by atoms with van der Waals surface area (Å²) >= 11 is 7.15. The van der Waals surface area contributed by atoms with Crippen LogP contribution in [0.2, 0.25) is 5.02 Å². The quantitative estimate of drug-likeness (QED) is 0.888. The van der Waals surface area contributed by atoms with Gasteiger partial charge in [0.05, 0.1) is 4.90 Å². The van der Waals surface area contributed by atoms with Crippen LogP contribution < -0.4 is 5.73 Å². The van der Waals surface area contributed by atoms with Crippen LogP contribution in [0.5, 0.6) is 0 Å². The predicted molar refractivity (Wildman–Crippen MR) is 79.3 cm³/mol. The van der Waals surface area contributed by atoms with Gasteiger partial charge in [-0.05, 0) is 55.3 Å². The molecular weight excluding hydrogens is 300 g/mol. The van der Waals surface area contributed by atoms with Gasteiger partial charge in [-0.1, -0.05) is 23.4 Å². The molecule has 0 aliphatic carbocycles. The number of nitrogens with two attached hydrogens (primary N) is 1. The lowest BCUT2D eigenvalue weighted by atomic mass is 10.1. The van der Waals surface area contributed by atoms with Crippen molar-refractivity contribution >= 4 is 23.4 Å². The van der Waals surface area contributed by atoms with Crippen molar-refractivity contribution in [1.82, 2.24) is 0 Å². The van der Waals surface area contributed by atoms with Gasteiger partial charge in [-0.15, -0.1) is 0 Å². The van der Waals surface area contributed by atoms with Crippen molar-refractivity contribution in [1.29, 1.82) is 0 Å². The van der Waals surface area contributed by atoms with Crippen molar-refractivity contribution in [2.75, 3.05) is 0 Å². The zero-order valence-corrected chi connectivity index (χ0v) is 12.4. The minimum absolute atomic E-state index is 0.0369. The normalized spacial score (nSPS) is 12.4. The summed E-state index contributed by atoms with van der Waals surface area (Å²) in [5.74, 6) is -0.908. The second-order valence-electron chi connectivity index (χ2n) is 4.61. The van der Waals surface area contributed by atoms with Crippen LogP contribution in [0.1, 0.15) is 12.5 Å². The molecule has 1 unspecified atom stereocenters. The summed E-state index contributed by atoms with van der Waals surface area (Å²) in [5.41, 5.74) is 6.74. The van der Waals surface area contributed by atoms with Crippen LogP contribution in [-0.2, 0) is 6.42 Å². The molecule has 1 nitrogen and oxygen atoms in total. The summed E-state index contributed by atoms with van der Waals surface area (Å²) in [6.45, 7) is 1.89. The van der Waals surface area contributed by atoms with Gasteiger partial charge in [0.2, 0.25) is 0 Å². The highest BCUT2D eigenvalue weighted by Gasteiger charge is 2.11. The molecule has 0 radical (unpaired) electrons. The monoisotopic (exact) mass is 313 g/mol. The van der Waals surface area contributed by atoms with Crippen molar-refractivity contribution in [3.05, 3.63) is 58.6 Å². The van der Waals surface area contributed by atoms with E-state index in [-0.39, 0.29) is 10.9 Å². The topological polar surface area (TPSA) is 26.0 Å². The van der Waals surface area contributed by atoms with E-state index in [0.717, 1.165) is 22.6 Å². The highest BCUT2D eigenvalue weighted by atomic mass is 35.5. The fourth-order valence-electron chi connectivity index (χ4n) is 1.83. The van der Waals surface area contributed by atoms with Crippen molar-refractivity contribution in [2.24, 2.45) is 5.73 Å². The number of hydrogen-bond donors (Lipinski definition) is 1. The third-order valence-corrected chi connectivity index (χ3v) is 4.06. The SMILES string of the molecule is CC(N)Cc1cc(Cl)ccc1Sc1cc(F)ccc1F. The van der Waals surface area contributed by atoms with E-state index in [9.17, 15) is 8.78 Å². The number of halogens is 3. The first-order valence-electron chi connectivity index (χ1n) is 6.12. The van der Waals surface area contributed by atoms with Gasteiger partial charge in [0.1, 0.15) is 11.6 Å². The molecule has 0 heterocycles. The molecule has 2 aromatic rings. The molecule has 0 aliphatic rings. The Morgan fingerprint density at radius 2 is 1.90 bits per heavy atom. The van der Waals surface area contributed by atoms with Crippen LogP contribution in [-0.4, -0.2) is 6.04 Å². The maximum absolute atomic E-state index is 13.7. The molecule has 5 heteroatoms. The molecule has 0 aliphatic heterocycles. The van der Waals surface area contributed by atoms with Crippen molar-refractivity contribution in [3.63, 3.8) is 0 Å². The van der Waals surface area contributed by atoms with E-state index in [1.165, 1.54) is 17.8 Å². The summed E-state index contributed by atoms with van der Waals surface area (Å²) < 4.78 is 26.9. The van der Waals surface area contributed by atoms with Crippen LogP contribution in [0.3, 0.4) is 0 Å². The highest BCUT2D eigenvalue weighted by Crippen LogP contribution is 2.34. The Morgan fingerprint density at radius 3 is 2.60 bits per heavy atom. The Balaban J connectivity index is 2.35. The summed E-state index contributed by atoms with van der Waals surface area (Å²) in [5, 5.41) is 0.602. The summed E-state index contributed by atoms with van der Waals surface area (Å²) in [6, 6.07) is 8.71. The largest absolute Gasteiger partial charge is 0.328 e.